The van der Waals surface area contributed by atoms with Crippen LogP contribution in [0.5, 0.6) is 0 Å². The van der Waals surface area contributed by atoms with Gasteiger partial charge in [-0.3, -0.25) is 14.3 Å². The first-order chi connectivity index (χ1) is 18.3. The molecule has 4 heterocycles. The molecule has 0 unspecified atom stereocenters. The average Bonchev–Trinajstić information content (AvgIpc) is 3.36. The summed E-state index contributed by atoms with van der Waals surface area (Å²) in [6, 6.07) is 15.9. The van der Waals surface area contributed by atoms with E-state index in [0.717, 1.165) is 44.6 Å². The van der Waals surface area contributed by atoms with Crippen LogP contribution in [-0.4, -0.2) is 46.5 Å². The summed E-state index contributed by atoms with van der Waals surface area (Å²) in [5.41, 5.74) is 5.76. The molecule has 6 rings (SSSR count). The SMILES string of the molecule is Cc1c2ccc(N(C)c3ccnc(N(c4ccc5c(C)n(C)nc5c4)c4ccnc(Cl)n4)n3)cc2nn1C. The quantitative estimate of drug-likeness (QED) is 0.271. The van der Waals surface area contributed by atoms with E-state index in [-0.39, 0.29) is 5.28 Å². The first-order valence-electron chi connectivity index (χ1n) is 12.0. The zero-order valence-electron chi connectivity index (χ0n) is 21.6. The highest BCUT2D eigenvalue weighted by Gasteiger charge is 2.20. The summed E-state index contributed by atoms with van der Waals surface area (Å²) < 4.78 is 3.76. The third-order valence-corrected chi connectivity index (χ3v) is 7.07. The van der Waals surface area contributed by atoms with Crippen molar-refractivity contribution in [3.63, 3.8) is 0 Å². The smallest absolute Gasteiger partial charge is 0.237 e. The number of rotatable bonds is 5. The molecule has 0 spiro atoms. The van der Waals surface area contributed by atoms with Crippen molar-refractivity contribution in [2.75, 3.05) is 16.8 Å². The van der Waals surface area contributed by atoms with E-state index in [1.54, 1.807) is 18.5 Å². The van der Waals surface area contributed by atoms with E-state index >= 15 is 0 Å². The van der Waals surface area contributed by atoms with Gasteiger partial charge in [0.25, 0.3) is 0 Å². The monoisotopic (exact) mass is 524 g/mol. The minimum Gasteiger partial charge on any atom is -0.329 e. The standard InChI is InChI=1S/C27H25ClN10/c1-16-20-8-6-18(14-22(20)33-36(16)4)35(3)24-10-13-30-27(32-24)38(25-11-12-29-26(28)31-25)19-7-9-21-17(2)37(5)34-23(21)15-19/h6-15H,1-5H3. The molecule has 0 saturated carbocycles. The Balaban J connectivity index is 1.45. The first kappa shape index (κ1) is 23.8. The molecule has 11 heteroatoms. The Hall–Kier alpha value is -4.57. The Morgan fingerprint density at radius 1 is 0.711 bits per heavy atom. The summed E-state index contributed by atoms with van der Waals surface area (Å²) in [4.78, 5) is 21.9. The second kappa shape index (κ2) is 9.07. The van der Waals surface area contributed by atoms with Gasteiger partial charge in [-0.15, -0.1) is 0 Å². The fraction of sp³-hybridized carbons (Fsp3) is 0.185. The fourth-order valence-corrected chi connectivity index (χ4v) is 4.70. The van der Waals surface area contributed by atoms with Crippen molar-refractivity contribution in [3.8, 4) is 0 Å². The van der Waals surface area contributed by atoms with Gasteiger partial charge >= 0.3 is 0 Å². The number of aryl methyl sites for hydroxylation is 4. The molecule has 0 radical (unpaired) electrons. The summed E-state index contributed by atoms with van der Waals surface area (Å²) in [6.45, 7) is 4.11. The molecule has 0 saturated heterocycles. The predicted molar refractivity (Wildman–Crippen MR) is 150 cm³/mol. The molecule has 2 aromatic carbocycles. The number of halogens is 1. The number of fused-ring (bicyclic) bond motifs is 2. The molecule has 0 atom stereocenters. The van der Waals surface area contributed by atoms with E-state index in [9.17, 15) is 0 Å². The van der Waals surface area contributed by atoms with Gasteiger partial charge in [0.05, 0.1) is 16.7 Å². The van der Waals surface area contributed by atoms with Crippen molar-refractivity contribution in [2.24, 2.45) is 14.1 Å². The number of benzene rings is 2. The van der Waals surface area contributed by atoms with E-state index in [1.807, 2.05) is 71.5 Å². The number of hydrogen-bond donors (Lipinski definition) is 0. The maximum Gasteiger partial charge on any atom is 0.237 e. The molecule has 0 amide bonds. The third-order valence-electron chi connectivity index (χ3n) is 6.89. The molecule has 38 heavy (non-hydrogen) atoms. The molecule has 10 nitrogen and oxygen atoms in total. The minimum atomic E-state index is 0.134. The van der Waals surface area contributed by atoms with E-state index in [0.29, 0.717) is 17.6 Å². The lowest BCUT2D eigenvalue weighted by Gasteiger charge is -2.24. The minimum absolute atomic E-state index is 0.134. The molecule has 0 aliphatic heterocycles. The Morgan fingerprint density at radius 3 is 1.95 bits per heavy atom. The van der Waals surface area contributed by atoms with Crippen LogP contribution in [0.4, 0.5) is 29.0 Å². The first-order valence-corrected chi connectivity index (χ1v) is 12.4. The van der Waals surface area contributed by atoms with Crippen LogP contribution in [0.1, 0.15) is 11.4 Å². The van der Waals surface area contributed by atoms with E-state index < -0.39 is 0 Å². The van der Waals surface area contributed by atoms with Crippen molar-refractivity contribution in [2.45, 2.75) is 13.8 Å². The Morgan fingerprint density at radius 2 is 1.29 bits per heavy atom. The van der Waals surface area contributed by atoms with Crippen LogP contribution < -0.4 is 9.80 Å². The molecule has 0 N–H and O–H groups in total. The second-order valence-electron chi connectivity index (χ2n) is 9.11. The number of aromatic nitrogens is 8. The van der Waals surface area contributed by atoms with Crippen LogP contribution in [0.25, 0.3) is 21.8 Å². The topological polar surface area (TPSA) is 93.7 Å². The molecule has 0 aliphatic rings. The van der Waals surface area contributed by atoms with Crippen molar-refractivity contribution < 1.29 is 0 Å². The lowest BCUT2D eigenvalue weighted by Crippen LogP contribution is -2.18. The largest absolute Gasteiger partial charge is 0.329 e. The Bertz CT molecular complexity index is 1820. The van der Waals surface area contributed by atoms with Gasteiger partial charge in [0.15, 0.2) is 0 Å². The molecule has 0 aliphatic carbocycles. The van der Waals surface area contributed by atoms with Gasteiger partial charge in [0.2, 0.25) is 11.2 Å². The summed E-state index contributed by atoms with van der Waals surface area (Å²) in [5, 5.41) is 11.6. The van der Waals surface area contributed by atoms with Gasteiger partial charge in [0.1, 0.15) is 11.6 Å². The molecule has 4 aromatic heterocycles. The summed E-state index contributed by atoms with van der Waals surface area (Å²) in [5.74, 6) is 1.69. The average molecular weight is 525 g/mol. The van der Waals surface area contributed by atoms with Gasteiger partial charge < -0.3 is 4.90 Å². The molecule has 0 bridgehead atoms. The fourth-order valence-electron chi connectivity index (χ4n) is 4.55. The van der Waals surface area contributed by atoms with E-state index in [4.69, 9.17) is 16.6 Å². The van der Waals surface area contributed by atoms with Gasteiger partial charge in [-0.25, -0.2) is 9.97 Å². The summed E-state index contributed by atoms with van der Waals surface area (Å²) in [7, 11) is 5.85. The van der Waals surface area contributed by atoms with Crippen LogP contribution in [0.3, 0.4) is 0 Å². The van der Waals surface area contributed by atoms with Crippen molar-refractivity contribution in [1.29, 1.82) is 0 Å². The zero-order valence-corrected chi connectivity index (χ0v) is 22.4. The van der Waals surface area contributed by atoms with E-state index in [1.165, 1.54) is 0 Å². The summed E-state index contributed by atoms with van der Waals surface area (Å²) >= 11 is 6.18. The normalized spacial score (nSPS) is 11.4. The molecule has 0 fully saturated rings. The summed E-state index contributed by atoms with van der Waals surface area (Å²) in [6.07, 6.45) is 3.35. The second-order valence-corrected chi connectivity index (χ2v) is 9.45. The van der Waals surface area contributed by atoms with Gasteiger partial charge in [-0.2, -0.15) is 20.2 Å². The van der Waals surface area contributed by atoms with Crippen LogP contribution in [-0.2, 0) is 14.1 Å². The number of hydrogen-bond acceptors (Lipinski definition) is 8. The van der Waals surface area contributed by atoms with Crippen LogP contribution in [0, 0.1) is 13.8 Å². The van der Waals surface area contributed by atoms with Gasteiger partial charge in [-0.05, 0) is 74.0 Å². The molecular weight excluding hydrogens is 500 g/mol. The zero-order chi connectivity index (χ0) is 26.6. The van der Waals surface area contributed by atoms with Crippen LogP contribution in [0.2, 0.25) is 5.28 Å². The highest BCUT2D eigenvalue weighted by Crippen LogP contribution is 2.35. The molecule has 6 aromatic rings. The number of nitrogens with zero attached hydrogens (tertiary/aromatic N) is 10. The van der Waals surface area contributed by atoms with Crippen LogP contribution in [0.15, 0.2) is 60.9 Å². The predicted octanol–water partition coefficient (Wildman–Crippen LogP) is 5.55. The third kappa shape index (κ3) is 3.99. The lowest BCUT2D eigenvalue weighted by molar-refractivity contribution is 0.751. The van der Waals surface area contributed by atoms with Gasteiger partial charge in [0, 0.05) is 61.4 Å². The van der Waals surface area contributed by atoms with Crippen LogP contribution >= 0.6 is 11.6 Å². The highest BCUT2D eigenvalue weighted by molar-refractivity contribution is 6.28. The van der Waals surface area contributed by atoms with Crippen molar-refractivity contribution in [3.05, 3.63) is 77.6 Å². The molecular formula is C27H25ClN10. The Kier molecular flexibility index (Phi) is 5.68. The maximum atomic E-state index is 6.18. The molecule has 190 valence electrons. The lowest BCUT2D eigenvalue weighted by atomic mass is 10.2. The number of anilines is 5. The van der Waals surface area contributed by atoms with Gasteiger partial charge in [-0.1, -0.05) is 0 Å². The maximum absolute atomic E-state index is 6.18. The Labute approximate surface area is 224 Å². The van der Waals surface area contributed by atoms with Crippen molar-refractivity contribution in [1.82, 2.24) is 39.5 Å². The highest BCUT2D eigenvalue weighted by atomic mass is 35.5. The van der Waals surface area contributed by atoms with Crippen molar-refractivity contribution >= 4 is 62.4 Å². The van der Waals surface area contributed by atoms with E-state index in [2.05, 4.69) is 50.3 Å².